The van der Waals surface area contributed by atoms with E-state index in [1.807, 2.05) is 6.07 Å². The summed E-state index contributed by atoms with van der Waals surface area (Å²) in [7, 11) is 0. The van der Waals surface area contributed by atoms with E-state index in [1.165, 1.54) is 18.5 Å². The third-order valence-corrected chi connectivity index (χ3v) is 3.79. The zero-order valence-electron chi connectivity index (χ0n) is 10.9. The summed E-state index contributed by atoms with van der Waals surface area (Å²) in [5, 5.41) is 12.4. The van der Waals surface area contributed by atoms with Crippen LogP contribution in [0.25, 0.3) is 11.5 Å². The summed E-state index contributed by atoms with van der Waals surface area (Å²) in [6.45, 7) is 0. The highest BCUT2D eigenvalue weighted by atomic mass is 35.5. The van der Waals surface area contributed by atoms with Crippen LogP contribution in [0.3, 0.4) is 0 Å². The Kier molecular flexibility index (Phi) is 3.87. The minimum Gasteiger partial charge on any atom is -0.463 e. The Morgan fingerprint density at radius 3 is 2.91 bits per heavy atom. The number of nitriles is 1. The fourth-order valence-electron chi connectivity index (χ4n) is 1.71. The molecule has 0 bridgehead atoms. The van der Waals surface area contributed by atoms with Gasteiger partial charge < -0.3 is 4.42 Å². The molecule has 0 radical (unpaired) electrons. The summed E-state index contributed by atoms with van der Waals surface area (Å²) in [5.74, 6) is 0.0925. The highest BCUT2D eigenvalue weighted by Crippen LogP contribution is 2.30. The van der Waals surface area contributed by atoms with E-state index in [2.05, 4.69) is 15.3 Å². The van der Waals surface area contributed by atoms with Gasteiger partial charge in [-0.25, -0.2) is 9.97 Å². The molecule has 8 heteroatoms. The van der Waals surface area contributed by atoms with Gasteiger partial charge in [0, 0.05) is 6.20 Å². The maximum absolute atomic E-state index is 12.1. The monoisotopic (exact) mass is 330 g/mol. The van der Waals surface area contributed by atoms with Crippen LogP contribution >= 0.6 is 22.9 Å². The van der Waals surface area contributed by atoms with Crippen LogP contribution in [0.1, 0.15) is 15.2 Å². The molecule has 6 nitrogen and oxygen atoms in total. The molecule has 1 N–H and O–H groups in total. The van der Waals surface area contributed by atoms with Crippen molar-refractivity contribution < 1.29 is 9.21 Å². The van der Waals surface area contributed by atoms with Gasteiger partial charge in [0.05, 0.1) is 11.8 Å². The SMILES string of the molecule is N#Cc1sc(NC(=O)c2ccc(Cl)nc2)nc1-c1ccco1. The zero-order chi connectivity index (χ0) is 15.5. The molecular weight excluding hydrogens is 324 g/mol. The Bertz CT molecular complexity index is 850. The third-order valence-electron chi connectivity index (χ3n) is 2.69. The Labute approximate surface area is 134 Å². The quantitative estimate of drug-likeness (QED) is 0.741. The summed E-state index contributed by atoms with van der Waals surface area (Å²) in [5.41, 5.74) is 0.750. The minimum absolute atomic E-state index is 0.303. The number of pyridine rings is 1. The molecule has 0 aromatic carbocycles. The molecule has 108 valence electrons. The minimum atomic E-state index is -0.381. The Morgan fingerprint density at radius 2 is 2.27 bits per heavy atom. The average Bonchev–Trinajstić information content (AvgIpc) is 3.16. The van der Waals surface area contributed by atoms with E-state index in [9.17, 15) is 4.79 Å². The number of nitrogens with zero attached hydrogens (tertiary/aromatic N) is 3. The lowest BCUT2D eigenvalue weighted by molar-refractivity contribution is 0.102. The molecule has 3 heterocycles. The van der Waals surface area contributed by atoms with Crippen molar-refractivity contribution in [3.05, 3.63) is 52.3 Å². The second-order valence-corrected chi connectivity index (χ2v) is 5.50. The molecule has 3 rings (SSSR count). The number of hydrogen-bond acceptors (Lipinski definition) is 6. The van der Waals surface area contributed by atoms with Gasteiger partial charge in [0.2, 0.25) is 0 Å². The smallest absolute Gasteiger partial charge is 0.259 e. The number of nitrogens with one attached hydrogen (secondary N) is 1. The second-order valence-electron chi connectivity index (χ2n) is 4.11. The van der Waals surface area contributed by atoms with Gasteiger partial charge in [0.25, 0.3) is 5.91 Å². The molecule has 0 saturated heterocycles. The van der Waals surface area contributed by atoms with Crippen LogP contribution < -0.4 is 5.32 Å². The fourth-order valence-corrected chi connectivity index (χ4v) is 2.58. The van der Waals surface area contributed by atoms with Gasteiger partial charge in [-0.05, 0) is 24.3 Å². The number of furan rings is 1. The molecule has 0 saturated carbocycles. The molecule has 3 aromatic heterocycles. The van der Waals surface area contributed by atoms with Crippen LogP contribution in [-0.4, -0.2) is 15.9 Å². The van der Waals surface area contributed by atoms with Crippen molar-refractivity contribution in [2.45, 2.75) is 0 Å². The molecule has 0 aliphatic carbocycles. The maximum Gasteiger partial charge on any atom is 0.259 e. The molecule has 0 atom stereocenters. The number of anilines is 1. The first kappa shape index (κ1) is 14.3. The molecule has 0 fully saturated rings. The largest absolute Gasteiger partial charge is 0.463 e. The van der Waals surface area contributed by atoms with Crippen LogP contribution in [0.5, 0.6) is 0 Å². The summed E-state index contributed by atoms with van der Waals surface area (Å²) in [6, 6.07) is 8.51. The molecule has 22 heavy (non-hydrogen) atoms. The fraction of sp³-hybridized carbons (Fsp3) is 0. The molecule has 3 aromatic rings. The number of amides is 1. The zero-order valence-corrected chi connectivity index (χ0v) is 12.5. The van der Waals surface area contributed by atoms with Crippen LogP contribution in [0.4, 0.5) is 5.13 Å². The Hall–Kier alpha value is -2.69. The number of halogens is 1. The molecule has 1 amide bonds. The molecule has 0 unspecified atom stereocenters. The summed E-state index contributed by atoms with van der Waals surface area (Å²) in [4.78, 5) is 20.5. The van der Waals surface area contributed by atoms with Crippen LogP contribution in [0.15, 0.2) is 41.1 Å². The second kappa shape index (κ2) is 5.97. The summed E-state index contributed by atoms with van der Waals surface area (Å²) in [6.07, 6.45) is 2.86. The predicted octanol–water partition coefficient (Wildman–Crippen LogP) is 3.58. The number of carbonyl (C=O) groups is 1. The number of thiazole rings is 1. The Morgan fingerprint density at radius 1 is 1.41 bits per heavy atom. The van der Waals surface area contributed by atoms with E-state index in [4.69, 9.17) is 21.3 Å². The standard InChI is InChI=1S/C14H7ClN4O2S/c15-11-4-3-8(7-17-11)13(20)19-14-18-12(10(6-16)22-14)9-2-1-5-21-9/h1-5,7H,(H,18,19,20). The van der Waals surface area contributed by atoms with Gasteiger partial charge in [0.15, 0.2) is 10.9 Å². The predicted molar refractivity (Wildman–Crippen MR) is 81.7 cm³/mol. The highest BCUT2D eigenvalue weighted by Gasteiger charge is 2.17. The van der Waals surface area contributed by atoms with E-state index in [-0.39, 0.29) is 5.91 Å². The number of carbonyl (C=O) groups excluding carboxylic acids is 1. The molecular formula is C14H7ClN4O2S. The first-order valence-corrected chi connectivity index (χ1v) is 7.24. The normalized spacial score (nSPS) is 10.2. The lowest BCUT2D eigenvalue weighted by Gasteiger charge is -2.00. The van der Waals surface area contributed by atoms with Crippen molar-refractivity contribution in [2.24, 2.45) is 0 Å². The first-order chi connectivity index (χ1) is 10.7. The van der Waals surface area contributed by atoms with Crippen molar-refractivity contribution >= 4 is 34.0 Å². The Balaban J connectivity index is 1.86. The first-order valence-electron chi connectivity index (χ1n) is 6.05. The van der Waals surface area contributed by atoms with Crippen LogP contribution in [0.2, 0.25) is 5.15 Å². The number of hydrogen-bond donors (Lipinski definition) is 1. The lowest BCUT2D eigenvalue weighted by atomic mass is 10.3. The molecule has 0 aliphatic rings. The van der Waals surface area contributed by atoms with E-state index < -0.39 is 0 Å². The van der Waals surface area contributed by atoms with E-state index in [1.54, 1.807) is 18.2 Å². The van der Waals surface area contributed by atoms with Crippen molar-refractivity contribution in [3.63, 3.8) is 0 Å². The van der Waals surface area contributed by atoms with E-state index >= 15 is 0 Å². The van der Waals surface area contributed by atoms with E-state index in [0.29, 0.717) is 32.2 Å². The maximum atomic E-state index is 12.1. The van der Waals surface area contributed by atoms with Crippen LogP contribution in [0, 0.1) is 11.3 Å². The highest BCUT2D eigenvalue weighted by molar-refractivity contribution is 7.16. The summed E-state index contributed by atoms with van der Waals surface area (Å²) >= 11 is 6.75. The number of rotatable bonds is 3. The van der Waals surface area contributed by atoms with Crippen molar-refractivity contribution in [1.82, 2.24) is 9.97 Å². The molecule has 0 spiro atoms. The van der Waals surface area contributed by atoms with Crippen LogP contribution in [-0.2, 0) is 0 Å². The third kappa shape index (κ3) is 2.83. The lowest BCUT2D eigenvalue weighted by Crippen LogP contribution is -2.11. The van der Waals surface area contributed by atoms with Gasteiger partial charge in [-0.1, -0.05) is 22.9 Å². The van der Waals surface area contributed by atoms with Gasteiger partial charge in [-0.2, -0.15) is 5.26 Å². The average molecular weight is 331 g/mol. The van der Waals surface area contributed by atoms with Gasteiger partial charge in [-0.3, -0.25) is 10.1 Å². The summed E-state index contributed by atoms with van der Waals surface area (Å²) < 4.78 is 5.23. The van der Waals surface area contributed by atoms with Gasteiger partial charge in [0.1, 0.15) is 21.8 Å². The van der Waals surface area contributed by atoms with E-state index in [0.717, 1.165) is 11.3 Å². The molecule has 0 aliphatic heterocycles. The van der Waals surface area contributed by atoms with Gasteiger partial charge in [-0.15, -0.1) is 0 Å². The van der Waals surface area contributed by atoms with Crippen molar-refractivity contribution in [3.8, 4) is 17.5 Å². The van der Waals surface area contributed by atoms with Crippen molar-refractivity contribution in [1.29, 1.82) is 5.26 Å². The topological polar surface area (TPSA) is 91.8 Å². The van der Waals surface area contributed by atoms with Crippen molar-refractivity contribution in [2.75, 3.05) is 5.32 Å². The number of aromatic nitrogens is 2. The van der Waals surface area contributed by atoms with Gasteiger partial charge >= 0.3 is 0 Å².